The molecule has 0 aromatic heterocycles. The molecular weight excluding hydrogens is 154 g/mol. The summed E-state index contributed by atoms with van der Waals surface area (Å²) in [5.74, 6) is 0.344. The van der Waals surface area contributed by atoms with E-state index in [9.17, 15) is 9.90 Å². The molecule has 1 heterocycles. The van der Waals surface area contributed by atoms with Crippen molar-refractivity contribution < 1.29 is 9.90 Å². The molecule has 1 saturated heterocycles. The highest BCUT2D eigenvalue weighted by Crippen LogP contribution is 2.30. The van der Waals surface area contributed by atoms with Crippen LogP contribution in [0.5, 0.6) is 0 Å². The maximum Gasteiger partial charge on any atom is 0.251 e. The first-order valence-corrected chi connectivity index (χ1v) is 4.77. The summed E-state index contributed by atoms with van der Waals surface area (Å²) < 4.78 is 0. The molecule has 1 aliphatic heterocycles. The van der Waals surface area contributed by atoms with Crippen molar-refractivity contribution >= 4 is 5.91 Å². The Labute approximate surface area is 72.2 Å². The molecule has 2 unspecified atom stereocenters. The highest BCUT2D eigenvalue weighted by molar-refractivity contribution is 5.87. The van der Waals surface area contributed by atoms with E-state index in [1.54, 1.807) is 0 Å². The molecule has 2 aliphatic rings. The normalized spacial score (nSPS) is 37.2. The van der Waals surface area contributed by atoms with Crippen LogP contribution in [0.2, 0.25) is 0 Å². The van der Waals surface area contributed by atoms with Crippen LogP contribution >= 0.6 is 0 Å². The summed E-state index contributed by atoms with van der Waals surface area (Å²) in [6, 6.07) is 0.0674. The standard InChI is InChI=1S/C9H15NO2/c11-8-7(10-9(8)12)6-4-2-1-3-5-6/h6-8,11H,1-5H2,(H,10,12). The zero-order valence-corrected chi connectivity index (χ0v) is 7.12. The summed E-state index contributed by atoms with van der Waals surface area (Å²) in [4.78, 5) is 10.7. The van der Waals surface area contributed by atoms with Gasteiger partial charge in [-0.05, 0) is 18.8 Å². The molecule has 2 rings (SSSR count). The van der Waals surface area contributed by atoms with E-state index in [0.29, 0.717) is 5.92 Å². The van der Waals surface area contributed by atoms with E-state index in [1.807, 2.05) is 0 Å². The van der Waals surface area contributed by atoms with E-state index in [1.165, 1.54) is 32.1 Å². The Morgan fingerprint density at radius 2 is 1.92 bits per heavy atom. The van der Waals surface area contributed by atoms with Gasteiger partial charge in [0.25, 0.3) is 5.91 Å². The molecule has 0 aromatic carbocycles. The number of carbonyl (C=O) groups is 1. The molecule has 3 nitrogen and oxygen atoms in total. The van der Waals surface area contributed by atoms with Crippen molar-refractivity contribution in [1.29, 1.82) is 0 Å². The minimum Gasteiger partial charge on any atom is -0.381 e. The fourth-order valence-electron chi connectivity index (χ4n) is 2.26. The third-order valence-corrected chi connectivity index (χ3v) is 3.08. The highest BCUT2D eigenvalue weighted by atomic mass is 16.3. The second-order valence-corrected chi connectivity index (χ2v) is 3.88. The Bertz CT molecular complexity index is 187. The molecule has 12 heavy (non-hydrogen) atoms. The monoisotopic (exact) mass is 169 g/mol. The lowest BCUT2D eigenvalue weighted by molar-refractivity contribution is -0.145. The molecule has 2 fully saturated rings. The van der Waals surface area contributed by atoms with Gasteiger partial charge in [0.2, 0.25) is 0 Å². The van der Waals surface area contributed by atoms with Crippen LogP contribution in [0.15, 0.2) is 0 Å². The molecule has 1 aliphatic carbocycles. The topological polar surface area (TPSA) is 49.3 Å². The Morgan fingerprint density at radius 1 is 1.25 bits per heavy atom. The van der Waals surface area contributed by atoms with Gasteiger partial charge in [0.05, 0.1) is 6.04 Å². The fraction of sp³-hybridized carbons (Fsp3) is 0.889. The van der Waals surface area contributed by atoms with Crippen molar-refractivity contribution in [3.63, 3.8) is 0 Å². The van der Waals surface area contributed by atoms with Crippen molar-refractivity contribution in [2.24, 2.45) is 5.92 Å². The van der Waals surface area contributed by atoms with E-state index >= 15 is 0 Å². The van der Waals surface area contributed by atoms with E-state index < -0.39 is 6.10 Å². The Kier molecular flexibility index (Phi) is 2.05. The lowest BCUT2D eigenvalue weighted by Gasteiger charge is -2.40. The fourth-order valence-corrected chi connectivity index (χ4v) is 2.26. The highest BCUT2D eigenvalue weighted by Gasteiger charge is 2.42. The molecule has 1 saturated carbocycles. The van der Waals surface area contributed by atoms with Crippen molar-refractivity contribution in [1.82, 2.24) is 5.32 Å². The quantitative estimate of drug-likeness (QED) is 0.559. The van der Waals surface area contributed by atoms with Crippen LogP contribution in [0.1, 0.15) is 32.1 Å². The number of aliphatic hydroxyl groups excluding tert-OH is 1. The van der Waals surface area contributed by atoms with Crippen molar-refractivity contribution in [3.05, 3.63) is 0 Å². The third kappa shape index (κ3) is 1.22. The van der Waals surface area contributed by atoms with Gasteiger partial charge in [-0.2, -0.15) is 0 Å². The molecule has 3 heteroatoms. The van der Waals surface area contributed by atoms with Crippen molar-refractivity contribution in [3.8, 4) is 0 Å². The van der Waals surface area contributed by atoms with Crippen LogP contribution in [-0.4, -0.2) is 23.2 Å². The van der Waals surface area contributed by atoms with Crippen LogP contribution in [0.3, 0.4) is 0 Å². The summed E-state index contributed by atoms with van der Waals surface area (Å²) in [6.07, 6.45) is 5.44. The maximum atomic E-state index is 10.7. The SMILES string of the molecule is O=C1NC(C2CCCCC2)C1O. The molecule has 1 amide bonds. The summed E-state index contributed by atoms with van der Waals surface area (Å²) >= 11 is 0. The van der Waals surface area contributed by atoms with E-state index in [4.69, 9.17) is 0 Å². The van der Waals surface area contributed by atoms with Crippen LogP contribution < -0.4 is 5.32 Å². The van der Waals surface area contributed by atoms with E-state index in [2.05, 4.69) is 5.32 Å². The predicted octanol–water partition coefficient (Wildman–Crippen LogP) is 0.426. The molecule has 68 valence electrons. The smallest absolute Gasteiger partial charge is 0.251 e. The first-order valence-electron chi connectivity index (χ1n) is 4.77. The number of hydrogen-bond donors (Lipinski definition) is 2. The second kappa shape index (κ2) is 3.05. The maximum absolute atomic E-state index is 10.7. The Hall–Kier alpha value is -0.570. The Morgan fingerprint density at radius 3 is 2.42 bits per heavy atom. The second-order valence-electron chi connectivity index (χ2n) is 3.88. The molecule has 0 radical (unpaired) electrons. The van der Waals surface area contributed by atoms with Gasteiger partial charge in [0.15, 0.2) is 6.10 Å². The van der Waals surface area contributed by atoms with Gasteiger partial charge in [-0.15, -0.1) is 0 Å². The predicted molar refractivity (Wildman–Crippen MR) is 44.5 cm³/mol. The zero-order chi connectivity index (χ0) is 8.55. The van der Waals surface area contributed by atoms with Crippen LogP contribution in [0.25, 0.3) is 0 Å². The van der Waals surface area contributed by atoms with Crippen molar-refractivity contribution in [2.75, 3.05) is 0 Å². The molecular formula is C9H15NO2. The number of amides is 1. The molecule has 2 atom stereocenters. The largest absolute Gasteiger partial charge is 0.381 e. The molecule has 0 bridgehead atoms. The third-order valence-electron chi connectivity index (χ3n) is 3.08. The summed E-state index contributed by atoms with van der Waals surface area (Å²) in [7, 11) is 0. The van der Waals surface area contributed by atoms with Gasteiger partial charge in [0.1, 0.15) is 0 Å². The number of β-lactam (4-membered cyclic amide) rings is 1. The molecule has 2 N–H and O–H groups in total. The zero-order valence-electron chi connectivity index (χ0n) is 7.12. The minimum atomic E-state index is -0.715. The Balaban J connectivity index is 1.88. The summed E-state index contributed by atoms with van der Waals surface area (Å²) in [5.41, 5.74) is 0. The summed E-state index contributed by atoms with van der Waals surface area (Å²) in [6.45, 7) is 0. The number of carbonyl (C=O) groups excluding carboxylic acids is 1. The van der Waals surface area contributed by atoms with Gasteiger partial charge in [-0.25, -0.2) is 0 Å². The average molecular weight is 169 g/mol. The lowest BCUT2D eigenvalue weighted by atomic mass is 9.78. The van der Waals surface area contributed by atoms with Gasteiger partial charge in [-0.1, -0.05) is 19.3 Å². The lowest BCUT2D eigenvalue weighted by Crippen LogP contribution is -2.65. The van der Waals surface area contributed by atoms with E-state index in [-0.39, 0.29) is 11.9 Å². The number of aliphatic hydroxyl groups is 1. The average Bonchev–Trinajstić information content (AvgIpc) is 2.15. The molecule has 0 aromatic rings. The number of hydrogen-bond acceptors (Lipinski definition) is 2. The van der Waals surface area contributed by atoms with Gasteiger partial charge in [-0.3, -0.25) is 4.79 Å². The summed E-state index contributed by atoms with van der Waals surface area (Å²) in [5, 5.41) is 12.1. The van der Waals surface area contributed by atoms with E-state index in [0.717, 1.165) is 0 Å². The first kappa shape index (κ1) is 8.05. The van der Waals surface area contributed by atoms with Gasteiger partial charge >= 0.3 is 0 Å². The van der Waals surface area contributed by atoms with Gasteiger partial charge < -0.3 is 10.4 Å². The molecule has 0 spiro atoms. The van der Waals surface area contributed by atoms with Crippen LogP contribution in [0, 0.1) is 5.92 Å². The minimum absolute atomic E-state index is 0.0674. The van der Waals surface area contributed by atoms with Gasteiger partial charge in [0, 0.05) is 0 Å². The van der Waals surface area contributed by atoms with Crippen molar-refractivity contribution in [2.45, 2.75) is 44.2 Å². The number of rotatable bonds is 1. The van der Waals surface area contributed by atoms with Crippen LogP contribution in [0.4, 0.5) is 0 Å². The number of nitrogens with one attached hydrogen (secondary N) is 1. The van der Waals surface area contributed by atoms with Crippen LogP contribution in [-0.2, 0) is 4.79 Å². The first-order chi connectivity index (χ1) is 5.79.